The lowest BCUT2D eigenvalue weighted by molar-refractivity contribution is -0.138. The van der Waals surface area contributed by atoms with E-state index in [1.165, 1.54) is 12.3 Å². The minimum Gasteiger partial charge on any atom is -0.489 e. The Morgan fingerprint density at radius 2 is 1.94 bits per heavy atom. The van der Waals surface area contributed by atoms with Crippen molar-refractivity contribution in [3.05, 3.63) is 58.7 Å². The summed E-state index contributed by atoms with van der Waals surface area (Å²) in [5.41, 5.74) is 7.11. The Morgan fingerprint density at radius 3 is 2.61 bits per heavy atom. The minimum absolute atomic E-state index is 0.0203. The van der Waals surface area contributed by atoms with Crippen LogP contribution in [0.1, 0.15) is 60.3 Å². The number of alkyl halides is 3. The molecule has 0 aromatic heterocycles. The molecular weight excluding hydrogens is 409 g/mol. The monoisotopic (exact) mass is 434 g/mol. The van der Waals surface area contributed by atoms with Crippen LogP contribution in [-0.2, 0) is 17.6 Å². The second kappa shape index (κ2) is 9.85. The maximum Gasteiger partial charge on any atom is 0.416 e. The van der Waals surface area contributed by atoms with E-state index in [1.807, 2.05) is 0 Å². The van der Waals surface area contributed by atoms with E-state index in [4.69, 9.17) is 15.6 Å². The standard InChI is InChI=1S/C23H25F3N2O3/c24-23(25,26)20-11-15(5-7-19(20)16-3-1-2-4-16)14-31-18-6-8-21(27)17(12-18)13-28-10-9-22(29)30/h5-8,11-13,16H,1-4,9-10,14,27H2,(H,29,30). The third-order valence-electron chi connectivity index (χ3n) is 5.37. The van der Waals surface area contributed by atoms with E-state index < -0.39 is 17.7 Å². The summed E-state index contributed by atoms with van der Waals surface area (Å²) < 4.78 is 46.6. The number of rotatable bonds is 8. The Kier molecular flexibility index (Phi) is 7.20. The highest BCUT2D eigenvalue weighted by atomic mass is 19.4. The van der Waals surface area contributed by atoms with E-state index in [0.717, 1.165) is 25.7 Å². The number of nitrogen functional groups attached to an aromatic ring is 1. The summed E-state index contributed by atoms with van der Waals surface area (Å²) in [4.78, 5) is 14.6. The van der Waals surface area contributed by atoms with Gasteiger partial charge in [-0.25, -0.2) is 0 Å². The Labute approximate surface area is 178 Å². The zero-order chi connectivity index (χ0) is 22.4. The highest BCUT2D eigenvalue weighted by Crippen LogP contribution is 2.42. The molecule has 0 aliphatic heterocycles. The average Bonchev–Trinajstić information content (AvgIpc) is 3.25. The third kappa shape index (κ3) is 6.23. The quantitative estimate of drug-likeness (QED) is 0.429. The first-order chi connectivity index (χ1) is 14.7. The number of aliphatic carboxylic acids is 1. The number of anilines is 1. The Morgan fingerprint density at radius 1 is 1.19 bits per heavy atom. The molecule has 0 atom stereocenters. The molecule has 166 valence electrons. The van der Waals surface area contributed by atoms with Crippen LogP contribution in [0.4, 0.5) is 18.9 Å². The SMILES string of the molecule is Nc1ccc(OCc2ccc(C3CCCC3)c(C(F)(F)F)c2)cc1C=NCCC(=O)O. The molecule has 1 fully saturated rings. The average molecular weight is 434 g/mol. The van der Waals surface area contributed by atoms with E-state index in [9.17, 15) is 18.0 Å². The Bertz CT molecular complexity index is 952. The molecule has 0 unspecified atom stereocenters. The van der Waals surface area contributed by atoms with Gasteiger partial charge in [0.05, 0.1) is 12.0 Å². The van der Waals surface area contributed by atoms with Gasteiger partial charge in [-0.15, -0.1) is 0 Å². The molecule has 2 aromatic rings. The molecular formula is C23H25F3N2O3. The van der Waals surface area contributed by atoms with E-state index >= 15 is 0 Å². The minimum atomic E-state index is -4.41. The van der Waals surface area contributed by atoms with Gasteiger partial charge in [0.25, 0.3) is 0 Å². The fourth-order valence-corrected chi connectivity index (χ4v) is 3.78. The van der Waals surface area contributed by atoms with Crippen molar-refractivity contribution < 1.29 is 27.8 Å². The summed E-state index contributed by atoms with van der Waals surface area (Å²) in [6.07, 6.45) is 0.475. The molecule has 5 nitrogen and oxygen atoms in total. The van der Waals surface area contributed by atoms with Crippen LogP contribution < -0.4 is 10.5 Å². The van der Waals surface area contributed by atoms with Crippen LogP contribution in [0.5, 0.6) is 5.75 Å². The third-order valence-corrected chi connectivity index (χ3v) is 5.37. The highest BCUT2D eigenvalue weighted by molar-refractivity contribution is 5.87. The van der Waals surface area contributed by atoms with Gasteiger partial charge in [-0.05, 0) is 54.2 Å². The molecule has 8 heteroatoms. The van der Waals surface area contributed by atoms with Crippen LogP contribution in [-0.4, -0.2) is 23.8 Å². The van der Waals surface area contributed by atoms with Crippen LogP contribution in [0, 0.1) is 0 Å². The molecule has 31 heavy (non-hydrogen) atoms. The van der Waals surface area contributed by atoms with Gasteiger partial charge in [0.2, 0.25) is 0 Å². The number of hydrogen-bond acceptors (Lipinski definition) is 4. The second-order valence-electron chi connectivity index (χ2n) is 7.66. The lowest BCUT2D eigenvalue weighted by Gasteiger charge is -2.19. The zero-order valence-corrected chi connectivity index (χ0v) is 17.0. The summed E-state index contributed by atoms with van der Waals surface area (Å²) >= 11 is 0. The van der Waals surface area contributed by atoms with Gasteiger partial charge in [-0.2, -0.15) is 13.2 Å². The fraction of sp³-hybridized carbons (Fsp3) is 0.391. The zero-order valence-electron chi connectivity index (χ0n) is 17.0. The predicted octanol–water partition coefficient (Wildman–Crippen LogP) is 5.42. The molecule has 1 aliphatic rings. The molecule has 0 radical (unpaired) electrons. The molecule has 0 saturated heterocycles. The molecule has 2 aromatic carbocycles. The summed E-state index contributed by atoms with van der Waals surface area (Å²) in [6, 6.07) is 9.31. The van der Waals surface area contributed by atoms with Crippen molar-refractivity contribution in [3.63, 3.8) is 0 Å². The Hall–Kier alpha value is -3.03. The van der Waals surface area contributed by atoms with Crippen LogP contribution in [0.25, 0.3) is 0 Å². The Balaban J connectivity index is 1.72. The van der Waals surface area contributed by atoms with E-state index in [0.29, 0.717) is 28.1 Å². The summed E-state index contributed by atoms with van der Waals surface area (Å²) in [5, 5.41) is 8.65. The molecule has 0 spiro atoms. The van der Waals surface area contributed by atoms with Gasteiger partial charge in [0.15, 0.2) is 0 Å². The lowest BCUT2D eigenvalue weighted by Crippen LogP contribution is -2.12. The number of carbonyl (C=O) groups is 1. The maximum absolute atomic E-state index is 13.6. The molecule has 1 aliphatic carbocycles. The number of ether oxygens (including phenoxy) is 1. The van der Waals surface area contributed by atoms with E-state index in [-0.39, 0.29) is 25.5 Å². The highest BCUT2D eigenvalue weighted by Gasteiger charge is 2.36. The van der Waals surface area contributed by atoms with Crippen LogP contribution >= 0.6 is 0 Å². The molecule has 0 heterocycles. The second-order valence-corrected chi connectivity index (χ2v) is 7.66. The van der Waals surface area contributed by atoms with Crippen LogP contribution in [0.3, 0.4) is 0 Å². The fourth-order valence-electron chi connectivity index (χ4n) is 3.78. The van der Waals surface area contributed by atoms with Gasteiger partial charge < -0.3 is 15.6 Å². The van der Waals surface area contributed by atoms with Gasteiger partial charge in [0.1, 0.15) is 12.4 Å². The number of nitrogens with zero attached hydrogens (tertiary/aromatic N) is 1. The van der Waals surface area contributed by atoms with Crippen molar-refractivity contribution in [3.8, 4) is 5.75 Å². The molecule has 3 rings (SSSR count). The van der Waals surface area contributed by atoms with Crippen LogP contribution in [0.15, 0.2) is 41.4 Å². The van der Waals surface area contributed by atoms with Crippen molar-refractivity contribution in [2.24, 2.45) is 4.99 Å². The number of carboxylic acid groups (broad SMARTS) is 1. The first-order valence-corrected chi connectivity index (χ1v) is 10.2. The van der Waals surface area contributed by atoms with Crippen molar-refractivity contribution in [2.45, 2.75) is 50.8 Å². The van der Waals surface area contributed by atoms with E-state index in [1.54, 1.807) is 30.3 Å². The van der Waals surface area contributed by atoms with Gasteiger partial charge >= 0.3 is 12.1 Å². The maximum atomic E-state index is 13.6. The summed E-state index contributed by atoms with van der Waals surface area (Å²) in [6.45, 7) is 0.0982. The number of aliphatic imine (C=N–C) groups is 1. The molecule has 0 bridgehead atoms. The van der Waals surface area contributed by atoms with Gasteiger partial charge in [-0.3, -0.25) is 9.79 Å². The largest absolute Gasteiger partial charge is 0.489 e. The summed E-state index contributed by atoms with van der Waals surface area (Å²) in [5.74, 6) is -0.548. The number of nitrogens with two attached hydrogens (primary N) is 1. The van der Waals surface area contributed by atoms with Gasteiger partial charge in [-0.1, -0.05) is 25.0 Å². The summed E-state index contributed by atoms with van der Waals surface area (Å²) in [7, 11) is 0. The first kappa shape index (κ1) is 22.7. The predicted molar refractivity (Wildman–Crippen MR) is 113 cm³/mol. The van der Waals surface area contributed by atoms with Gasteiger partial charge in [0, 0.05) is 24.0 Å². The van der Waals surface area contributed by atoms with Crippen molar-refractivity contribution in [1.82, 2.24) is 0 Å². The number of benzene rings is 2. The first-order valence-electron chi connectivity index (χ1n) is 10.2. The molecule has 3 N–H and O–H groups in total. The van der Waals surface area contributed by atoms with E-state index in [2.05, 4.69) is 4.99 Å². The van der Waals surface area contributed by atoms with Crippen LogP contribution in [0.2, 0.25) is 0 Å². The molecule has 0 amide bonds. The number of hydrogen-bond donors (Lipinski definition) is 2. The van der Waals surface area contributed by atoms with Crippen molar-refractivity contribution in [1.29, 1.82) is 0 Å². The number of halogens is 3. The molecule has 1 saturated carbocycles. The smallest absolute Gasteiger partial charge is 0.416 e. The lowest BCUT2D eigenvalue weighted by atomic mass is 9.91. The number of carboxylic acids is 1. The topological polar surface area (TPSA) is 84.9 Å². The normalized spacial score (nSPS) is 14.9. The van der Waals surface area contributed by atoms with Crippen molar-refractivity contribution >= 4 is 17.9 Å². The van der Waals surface area contributed by atoms with Crippen molar-refractivity contribution in [2.75, 3.05) is 12.3 Å².